The normalized spacial score (nSPS) is 10.1. The second-order valence-electron chi connectivity index (χ2n) is 4.75. The van der Waals surface area contributed by atoms with Crippen molar-refractivity contribution in [1.29, 1.82) is 0 Å². The zero-order chi connectivity index (χ0) is 16.1. The summed E-state index contributed by atoms with van der Waals surface area (Å²) in [4.78, 5) is 20.4. The van der Waals surface area contributed by atoms with Gasteiger partial charge in [-0.1, -0.05) is 29.8 Å². The van der Waals surface area contributed by atoms with E-state index < -0.39 is 0 Å². The number of nitrogens with zero attached hydrogens (tertiary/aromatic N) is 2. The van der Waals surface area contributed by atoms with Gasteiger partial charge in [0, 0.05) is 28.8 Å². The summed E-state index contributed by atoms with van der Waals surface area (Å²) in [6, 6.07) is 16.4. The number of carbonyl (C=O) groups is 1. The number of halogens is 1. The minimum absolute atomic E-state index is 0.255. The molecule has 0 bridgehead atoms. The van der Waals surface area contributed by atoms with E-state index in [0.717, 1.165) is 11.4 Å². The van der Waals surface area contributed by atoms with Crippen molar-refractivity contribution in [1.82, 2.24) is 9.97 Å². The van der Waals surface area contributed by atoms with E-state index in [9.17, 15) is 4.79 Å². The van der Waals surface area contributed by atoms with Crippen molar-refractivity contribution in [2.24, 2.45) is 0 Å². The van der Waals surface area contributed by atoms with E-state index in [1.807, 2.05) is 42.5 Å². The van der Waals surface area contributed by atoms with Crippen molar-refractivity contribution in [3.63, 3.8) is 0 Å². The summed E-state index contributed by atoms with van der Waals surface area (Å²) in [7, 11) is 0. The SMILES string of the molecule is O=C(Nc1ccccc1)c1cnc(Nc2ccc(Cl)cc2)nc1. The number of amides is 1. The number of hydrogen-bond donors (Lipinski definition) is 2. The van der Waals surface area contributed by atoms with Gasteiger partial charge in [0.2, 0.25) is 5.95 Å². The molecule has 0 aliphatic rings. The summed E-state index contributed by atoms with van der Waals surface area (Å²) in [6.45, 7) is 0. The van der Waals surface area contributed by atoms with Gasteiger partial charge in [0.05, 0.1) is 5.56 Å². The topological polar surface area (TPSA) is 66.9 Å². The van der Waals surface area contributed by atoms with Gasteiger partial charge in [-0.15, -0.1) is 0 Å². The molecule has 3 rings (SSSR count). The Bertz CT molecular complexity index is 789. The Morgan fingerprint density at radius 2 is 1.52 bits per heavy atom. The lowest BCUT2D eigenvalue weighted by Crippen LogP contribution is -2.13. The molecule has 5 nitrogen and oxygen atoms in total. The van der Waals surface area contributed by atoms with Crippen LogP contribution in [0.1, 0.15) is 10.4 Å². The van der Waals surface area contributed by atoms with Crippen molar-refractivity contribution in [3.05, 3.63) is 77.6 Å². The number of hydrogen-bond acceptors (Lipinski definition) is 4. The third-order valence-corrected chi connectivity index (χ3v) is 3.30. The summed E-state index contributed by atoms with van der Waals surface area (Å²) in [5.41, 5.74) is 1.92. The summed E-state index contributed by atoms with van der Waals surface area (Å²) < 4.78 is 0. The van der Waals surface area contributed by atoms with E-state index in [-0.39, 0.29) is 5.91 Å². The molecule has 3 aromatic rings. The van der Waals surface area contributed by atoms with E-state index in [1.165, 1.54) is 12.4 Å². The van der Waals surface area contributed by atoms with Crippen molar-refractivity contribution in [3.8, 4) is 0 Å². The fraction of sp³-hybridized carbons (Fsp3) is 0. The fourth-order valence-corrected chi connectivity index (χ4v) is 2.02. The van der Waals surface area contributed by atoms with Crippen LogP contribution in [0.15, 0.2) is 67.0 Å². The van der Waals surface area contributed by atoms with E-state index in [1.54, 1.807) is 12.1 Å². The van der Waals surface area contributed by atoms with Crippen molar-refractivity contribution >= 4 is 34.8 Å². The number of para-hydroxylation sites is 1. The fourth-order valence-electron chi connectivity index (χ4n) is 1.90. The van der Waals surface area contributed by atoms with Gasteiger partial charge in [-0.3, -0.25) is 4.79 Å². The quantitative estimate of drug-likeness (QED) is 0.757. The molecule has 2 N–H and O–H groups in total. The molecule has 0 atom stereocenters. The molecule has 0 aliphatic heterocycles. The number of benzene rings is 2. The molecular formula is C17H13ClN4O. The van der Waals surface area contributed by atoms with Crippen molar-refractivity contribution < 1.29 is 4.79 Å². The molecule has 0 saturated heterocycles. The highest BCUT2D eigenvalue weighted by atomic mass is 35.5. The first-order valence-electron chi connectivity index (χ1n) is 6.92. The van der Waals surface area contributed by atoms with Crippen LogP contribution in [0.5, 0.6) is 0 Å². The molecule has 0 fully saturated rings. The second-order valence-corrected chi connectivity index (χ2v) is 5.18. The first kappa shape index (κ1) is 15.0. The molecule has 6 heteroatoms. The Balaban J connectivity index is 1.66. The average molecular weight is 325 g/mol. The van der Waals surface area contributed by atoms with Crippen molar-refractivity contribution in [2.75, 3.05) is 10.6 Å². The van der Waals surface area contributed by atoms with Crippen LogP contribution in [-0.4, -0.2) is 15.9 Å². The molecule has 23 heavy (non-hydrogen) atoms. The Hall–Kier alpha value is -2.92. The Morgan fingerprint density at radius 3 is 2.17 bits per heavy atom. The lowest BCUT2D eigenvalue weighted by molar-refractivity contribution is 0.102. The molecule has 0 radical (unpaired) electrons. The predicted octanol–water partition coefficient (Wildman–Crippen LogP) is 4.13. The molecular weight excluding hydrogens is 312 g/mol. The van der Waals surface area contributed by atoms with Gasteiger partial charge in [-0.25, -0.2) is 9.97 Å². The van der Waals surface area contributed by atoms with Crippen LogP contribution >= 0.6 is 11.6 Å². The monoisotopic (exact) mass is 324 g/mol. The van der Waals surface area contributed by atoms with Crippen LogP contribution in [0.25, 0.3) is 0 Å². The summed E-state index contributed by atoms with van der Waals surface area (Å²) in [5, 5.41) is 6.47. The lowest BCUT2D eigenvalue weighted by atomic mass is 10.3. The first-order valence-corrected chi connectivity index (χ1v) is 7.29. The Morgan fingerprint density at radius 1 is 0.870 bits per heavy atom. The van der Waals surface area contributed by atoms with Gasteiger partial charge < -0.3 is 10.6 Å². The van der Waals surface area contributed by atoms with Crippen LogP contribution in [0.3, 0.4) is 0 Å². The number of carbonyl (C=O) groups excluding carboxylic acids is 1. The molecule has 2 aromatic carbocycles. The molecule has 1 aromatic heterocycles. The summed E-state index contributed by atoms with van der Waals surface area (Å²) >= 11 is 5.83. The number of anilines is 3. The highest BCUT2D eigenvalue weighted by molar-refractivity contribution is 6.30. The zero-order valence-electron chi connectivity index (χ0n) is 12.0. The largest absolute Gasteiger partial charge is 0.324 e. The van der Waals surface area contributed by atoms with Gasteiger partial charge in [0.15, 0.2) is 0 Å². The summed E-state index contributed by atoms with van der Waals surface area (Å²) in [6.07, 6.45) is 2.95. The Kier molecular flexibility index (Phi) is 4.49. The van der Waals surface area contributed by atoms with Crippen molar-refractivity contribution in [2.45, 2.75) is 0 Å². The van der Waals surface area contributed by atoms with E-state index in [0.29, 0.717) is 16.5 Å². The van der Waals surface area contributed by atoms with Crippen LogP contribution in [-0.2, 0) is 0 Å². The van der Waals surface area contributed by atoms with Gasteiger partial charge in [0.25, 0.3) is 5.91 Å². The van der Waals surface area contributed by atoms with Crippen LogP contribution < -0.4 is 10.6 Å². The molecule has 0 unspecified atom stereocenters. The lowest BCUT2D eigenvalue weighted by Gasteiger charge is -2.06. The maximum absolute atomic E-state index is 12.1. The highest BCUT2D eigenvalue weighted by Gasteiger charge is 2.07. The maximum Gasteiger partial charge on any atom is 0.258 e. The first-order chi connectivity index (χ1) is 11.2. The zero-order valence-corrected chi connectivity index (χ0v) is 12.8. The highest BCUT2D eigenvalue weighted by Crippen LogP contribution is 2.16. The molecule has 0 spiro atoms. The second kappa shape index (κ2) is 6.89. The van der Waals surface area contributed by atoms with Gasteiger partial charge in [0.1, 0.15) is 0 Å². The van der Waals surface area contributed by atoms with Crippen LogP contribution in [0.2, 0.25) is 5.02 Å². The van der Waals surface area contributed by atoms with E-state index >= 15 is 0 Å². The van der Waals surface area contributed by atoms with E-state index in [4.69, 9.17) is 11.6 Å². The minimum atomic E-state index is -0.255. The molecule has 0 aliphatic carbocycles. The van der Waals surface area contributed by atoms with Gasteiger partial charge >= 0.3 is 0 Å². The van der Waals surface area contributed by atoms with Crippen LogP contribution in [0.4, 0.5) is 17.3 Å². The van der Waals surface area contributed by atoms with E-state index in [2.05, 4.69) is 20.6 Å². The van der Waals surface area contributed by atoms with Gasteiger partial charge in [-0.2, -0.15) is 0 Å². The predicted molar refractivity (Wildman–Crippen MR) is 91.2 cm³/mol. The van der Waals surface area contributed by atoms with Crippen LogP contribution in [0, 0.1) is 0 Å². The number of aromatic nitrogens is 2. The maximum atomic E-state index is 12.1. The molecule has 114 valence electrons. The number of rotatable bonds is 4. The number of nitrogens with one attached hydrogen (secondary N) is 2. The Labute approximate surface area is 138 Å². The minimum Gasteiger partial charge on any atom is -0.324 e. The molecule has 0 saturated carbocycles. The smallest absolute Gasteiger partial charge is 0.258 e. The third kappa shape index (κ3) is 4.05. The van der Waals surface area contributed by atoms with Gasteiger partial charge in [-0.05, 0) is 36.4 Å². The average Bonchev–Trinajstić information content (AvgIpc) is 2.58. The standard InChI is InChI=1S/C17H13ClN4O/c18-13-6-8-15(9-7-13)22-17-19-10-12(11-20-17)16(23)21-14-4-2-1-3-5-14/h1-11H,(H,21,23)(H,19,20,22). The third-order valence-electron chi connectivity index (χ3n) is 3.05. The summed E-state index contributed by atoms with van der Waals surface area (Å²) in [5.74, 6) is 0.151. The molecule has 1 amide bonds. The molecule has 1 heterocycles.